The molecule has 0 amide bonds. The van der Waals surface area contributed by atoms with Crippen LogP contribution >= 0.6 is 0 Å². The van der Waals surface area contributed by atoms with Crippen LogP contribution in [0, 0.1) is 17.2 Å². The number of hydrogen-bond donors (Lipinski definition) is 1. The summed E-state index contributed by atoms with van der Waals surface area (Å²) in [5, 5.41) is 21.3. The molecule has 6 heteroatoms. The number of nitriles is 1. The van der Waals surface area contributed by atoms with E-state index in [-0.39, 0.29) is 6.61 Å². The number of aromatic nitrogens is 4. The molecule has 2 aliphatic rings. The Morgan fingerprint density at radius 1 is 1.25 bits per heavy atom. The zero-order valence-corrected chi connectivity index (χ0v) is 13.1. The smallest absolute Gasteiger partial charge is 0.157 e. The van der Waals surface area contributed by atoms with Gasteiger partial charge in [0, 0.05) is 18.0 Å². The first-order chi connectivity index (χ1) is 11.8. The molecule has 6 nitrogen and oxygen atoms in total. The van der Waals surface area contributed by atoms with Crippen LogP contribution in [0.15, 0.2) is 36.8 Å². The fourth-order valence-electron chi connectivity index (χ4n) is 3.55. The zero-order chi connectivity index (χ0) is 16.7. The minimum atomic E-state index is -0.0927. The van der Waals surface area contributed by atoms with Crippen molar-refractivity contribution in [3.05, 3.63) is 48.0 Å². The SMILES string of the molecule is C#N.OCc1cc(-n2ncc3ccc(C4CC45CC5)cc32)ncn1. The molecule has 2 aromatic heterocycles. The summed E-state index contributed by atoms with van der Waals surface area (Å²) in [6.07, 6.45) is 7.45. The topological polar surface area (TPSA) is 87.6 Å². The highest BCUT2D eigenvalue weighted by atomic mass is 16.3. The van der Waals surface area contributed by atoms with Gasteiger partial charge in [0.1, 0.15) is 6.33 Å². The lowest BCUT2D eigenvalue weighted by atomic mass is 10.1. The number of aliphatic hydroxyl groups is 1. The van der Waals surface area contributed by atoms with Gasteiger partial charge in [0.15, 0.2) is 5.82 Å². The molecule has 0 bridgehead atoms. The van der Waals surface area contributed by atoms with Crippen molar-refractivity contribution in [3.63, 3.8) is 0 Å². The van der Waals surface area contributed by atoms with Crippen LogP contribution in [0.2, 0.25) is 0 Å². The van der Waals surface area contributed by atoms with Crippen molar-refractivity contribution in [1.29, 1.82) is 5.26 Å². The number of aliphatic hydroxyl groups excluding tert-OH is 1. The van der Waals surface area contributed by atoms with Crippen LogP contribution in [-0.4, -0.2) is 24.9 Å². The summed E-state index contributed by atoms with van der Waals surface area (Å²) >= 11 is 0. The standard InChI is InChI=1S/C17H16N4O.CHN/c22-9-13-6-16(19-10-18-13)21-15-5-11(1-2-12(15)8-20-21)14-7-17(14)3-4-17;1-2/h1-2,5-6,8,10,14,22H,3-4,7,9H2;1H. The van der Waals surface area contributed by atoms with Gasteiger partial charge in [-0.15, -0.1) is 0 Å². The quantitative estimate of drug-likeness (QED) is 0.802. The molecule has 0 saturated heterocycles. The highest BCUT2D eigenvalue weighted by molar-refractivity contribution is 5.81. The first-order valence-corrected chi connectivity index (χ1v) is 7.95. The maximum Gasteiger partial charge on any atom is 0.157 e. The molecule has 2 saturated carbocycles. The molecule has 1 N–H and O–H groups in total. The Balaban J connectivity index is 0.000000704. The largest absolute Gasteiger partial charge is 0.390 e. The van der Waals surface area contributed by atoms with Crippen molar-refractivity contribution in [1.82, 2.24) is 19.7 Å². The van der Waals surface area contributed by atoms with Gasteiger partial charge in [0.25, 0.3) is 0 Å². The van der Waals surface area contributed by atoms with E-state index in [9.17, 15) is 5.11 Å². The summed E-state index contributed by atoms with van der Waals surface area (Å²) in [4.78, 5) is 8.32. The van der Waals surface area contributed by atoms with E-state index in [0.717, 1.165) is 16.8 Å². The maximum atomic E-state index is 9.24. The van der Waals surface area contributed by atoms with E-state index in [1.165, 1.54) is 31.2 Å². The minimum absolute atomic E-state index is 0.0927. The third-order valence-corrected chi connectivity index (χ3v) is 5.17. The summed E-state index contributed by atoms with van der Waals surface area (Å²) in [5.41, 5.74) is 3.74. The van der Waals surface area contributed by atoms with E-state index in [0.29, 0.717) is 16.9 Å². The van der Waals surface area contributed by atoms with Crippen LogP contribution in [0.25, 0.3) is 16.7 Å². The molecule has 2 heterocycles. The van der Waals surface area contributed by atoms with Crippen molar-refractivity contribution in [2.24, 2.45) is 5.41 Å². The third kappa shape index (κ3) is 2.25. The Morgan fingerprint density at radius 3 is 2.79 bits per heavy atom. The molecular weight excluding hydrogens is 302 g/mol. The van der Waals surface area contributed by atoms with Gasteiger partial charge < -0.3 is 5.11 Å². The van der Waals surface area contributed by atoms with Gasteiger partial charge in [-0.3, -0.25) is 0 Å². The van der Waals surface area contributed by atoms with Gasteiger partial charge >= 0.3 is 0 Å². The predicted molar refractivity (Wildman–Crippen MR) is 88.3 cm³/mol. The van der Waals surface area contributed by atoms with Crippen molar-refractivity contribution in [3.8, 4) is 12.4 Å². The van der Waals surface area contributed by atoms with Gasteiger partial charge in [0.2, 0.25) is 0 Å². The van der Waals surface area contributed by atoms with Gasteiger partial charge in [-0.05, 0) is 42.2 Å². The number of fused-ring (bicyclic) bond motifs is 1. The third-order valence-electron chi connectivity index (χ3n) is 5.17. The lowest BCUT2D eigenvalue weighted by Crippen LogP contribution is -2.02. The van der Waals surface area contributed by atoms with Crippen LogP contribution in [-0.2, 0) is 6.61 Å². The average molecular weight is 319 g/mol. The van der Waals surface area contributed by atoms with Crippen molar-refractivity contribution in [2.75, 3.05) is 0 Å². The second-order valence-corrected chi connectivity index (χ2v) is 6.52. The number of nitrogens with zero attached hydrogens (tertiary/aromatic N) is 5. The zero-order valence-electron chi connectivity index (χ0n) is 13.1. The van der Waals surface area contributed by atoms with E-state index >= 15 is 0 Å². The van der Waals surface area contributed by atoms with E-state index in [1.54, 1.807) is 6.07 Å². The maximum absolute atomic E-state index is 9.24. The Kier molecular flexibility index (Phi) is 3.32. The molecule has 1 unspecified atom stereocenters. The fourth-order valence-corrected chi connectivity index (χ4v) is 3.55. The first-order valence-electron chi connectivity index (χ1n) is 7.95. The van der Waals surface area contributed by atoms with Crippen LogP contribution in [0.5, 0.6) is 0 Å². The van der Waals surface area contributed by atoms with E-state index in [2.05, 4.69) is 39.8 Å². The van der Waals surface area contributed by atoms with Gasteiger partial charge in [-0.1, -0.05) is 12.1 Å². The lowest BCUT2D eigenvalue weighted by molar-refractivity contribution is 0.276. The molecule has 3 aromatic rings. The second-order valence-electron chi connectivity index (χ2n) is 6.52. The highest BCUT2D eigenvalue weighted by Gasteiger charge is 2.62. The molecule has 2 fully saturated rings. The van der Waals surface area contributed by atoms with Crippen molar-refractivity contribution in [2.45, 2.75) is 31.8 Å². The lowest BCUT2D eigenvalue weighted by Gasteiger charge is -2.05. The average Bonchev–Trinajstić information content (AvgIpc) is 3.54. The number of benzene rings is 1. The number of rotatable bonds is 3. The molecule has 2 aliphatic carbocycles. The van der Waals surface area contributed by atoms with Gasteiger partial charge in [-0.25, -0.2) is 19.9 Å². The summed E-state index contributed by atoms with van der Waals surface area (Å²) in [7, 11) is 0. The molecule has 1 aromatic carbocycles. The molecule has 1 spiro atoms. The molecular formula is C18H17N5O. The predicted octanol–water partition coefficient (Wildman–Crippen LogP) is 2.72. The van der Waals surface area contributed by atoms with E-state index in [4.69, 9.17) is 5.26 Å². The molecule has 24 heavy (non-hydrogen) atoms. The second kappa shape index (κ2) is 5.39. The molecule has 5 rings (SSSR count). The first kappa shape index (κ1) is 14.8. The molecule has 0 aliphatic heterocycles. The van der Waals surface area contributed by atoms with E-state index < -0.39 is 0 Å². The Bertz CT molecular complexity index is 925. The van der Waals surface area contributed by atoms with Crippen molar-refractivity contribution >= 4 is 10.9 Å². The Morgan fingerprint density at radius 2 is 2.08 bits per heavy atom. The normalized spacial score (nSPS) is 19.7. The monoisotopic (exact) mass is 319 g/mol. The van der Waals surface area contributed by atoms with E-state index in [1.807, 2.05) is 10.9 Å². The van der Waals surface area contributed by atoms with Crippen LogP contribution in [0.3, 0.4) is 0 Å². The van der Waals surface area contributed by atoms with Gasteiger partial charge in [-0.2, -0.15) is 5.10 Å². The number of hydrogen-bond acceptors (Lipinski definition) is 5. The summed E-state index contributed by atoms with van der Waals surface area (Å²) in [6, 6.07) is 8.42. The van der Waals surface area contributed by atoms with Gasteiger partial charge in [0.05, 0.1) is 24.0 Å². The fraction of sp³-hybridized carbons (Fsp3) is 0.333. The molecule has 1 atom stereocenters. The molecule has 0 radical (unpaired) electrons. The Labute approximate surface area is 139 Å². The Hall–Kier alpha value is -2.78. The van der Waals surface area contributed by atoms with Crippen LogP contribution < -0.4 is 0 Å². The molecule has 120 valence electrons. The summed E-state index contributed by atoms with van der Waals surface area (Å²) < 4.78 is 1.83. The van der Waals surface area contributed by atoms with Crippen molar-refractivity contribution < 1.29 is 5.11 Å². The minimum Gasteiger partial charge on any atom is -0.390 e. The summed E-state index contributed by atoms with van der Waals surface area (Å²) in [6.45, 7) is 3.41. The summed E-state index contributed by atoms with van der Waals surface area (Å²) in [5.74, 6) is 1.43. The van der Waals surface area contributed by atoms with Crippen LogP contribution in [0.4, 0.5) is 0 Å². The van der Waals surface area contributed by atoms with Crippen LogP contribution in [0.1, 0.15) is 36.4 Å². The highest BCUT2D eigenvalue weighted by Crippen LogP contribution is 2.75.